The maximum Gasteiger partial charge on any atom is 0.337 e. The first-order valence-electron chi connectivity index (χ1n) is 5.71. The van der Waals surface area contributed by atoms with Crippen molar-refractivity contribution in [2.45, 2.75) is 0 Å². The molecule has 5 nitrogen and oxygen atoms in total. The highest BCUT2D eigenvalue weighted by molar-refractivity contribution is 5.95. The number of carbonyl (C=O) groups is 1. The van der Waals surface area contributed by atoms with Crippen molar-refractivity contribution >= 4 is 23.0 Å². The van der Waals surface area contributed by atoms with Gasteiger partial charge in [-0.3, -0.25) is 0 Å². The molecule has 0 aliphatic carbocycles. The van der Waals surface area contributed by atoms with Crippen LogP contribution in [0.15, 0.2) is 30.3 Å². The Kier molecular flexibility index (Phi) is 3.71. The van der Waals surface area contributed by atoms with Crippen LogP contribution in [0.2, 0.25) is 0 Å². The average Bonchev–Trinajstić information content (AvgIpc) is 2.43. The maximum atomic E-state index is 13.8. The van der Waals surface area contributed by atoms with Crippen LogP contribution in [0.3, 0.4) is 0 Å². The summed E-state index contributed by atoms with van der Waals surface area (Å²) < 4.78 is 27.0. The van der Waals surface area contributed by atoms with Gasteiger partial charge in [-0.2, -0.15) is 5.26 Å². The largest absolute Gasteiger partial charge is 0.478 e. The Balaban J connectivity index is 2.42. The molecule has 4 N–H and O–H groups in total. The summed E-state index contributed by atoms with van der Waals surface area (Å²) in [5.74, 6) is -2.76. The maximum absolute atomic E-state index is 13.8. The number of aromatic carboxylic acids is 1. The molecule has 2 rings (SSSR count). The van der Waals surface area contributed by atoms with Gasteiger partial charge < -0.3 is 16.2 Å². The van der Waals surface area contributed by atoms with E-state index in [0.29, 0.717) is 0 Å². The molecular weight excluding hydrogens is 280 g/mol. The Bertz CT molecular complexity index is 770. The fourth-order valence-electron chi connectivity index (χ4n) is 1.71. The predicted molar refractivity (Wildman–Crippen MR) is 72.2 cm³/mol. The number of carboxylic acid groups (broad SMARTS) is 1. The van der Waals surface area contributed by atoms with E-state index < -0.39 is 17.6 Å². The number of hydrogen-bond donors (Lipinski definition) is 3. The lowest BCUT2D eigenvalue weighted by molar-refractivity contribution is 0.0698. The zero-order valence-electron chi connectivity index (χ0n) is 10.5. The van der Waals surface area contributed by atoms with E-state index in [1.54, 1.807) is 6.07 Å². The number of benzene rings is 2. The van der Waals surface area contributed by atoms with E-state index in [1.807, 2.05) is 0 Å². The van der Waals surface area contributed by atoms with Crippen molar-refractivity contribution in [3.63, 3.8) is 0 Å². The molecule has 2 aromatic rings. The Hall–Kier alpha value is -3.14. The van der Waals surface area contributed by atoms with Crippen LogP contribution in [0.5, 0.6) is 0 Å². The molecule has 0 aliphatic rings. The van der Waals surface area contributed by atoms with Crippen LogP contribution in [0.1, 0.15) is 15.9 Å². The van der Waals surface area contributed by atoms with Gasteiger partial charge in [-0.1, -0.05) is 0 Å². The van der Waals surface area contributed by atoms with Crippen LogP contribution in [0.4, 0.5) is 25.8 Å². The molecule has 21 heavy (non-hydrogen) atoms. The van der Waals surface area contributed by atoms with Crippen molar-refractivity contribution in [2.75, 3.05) is 11.1 Å². The van der Waals surface area contributed by atoms with Crippen molar-refractivity contribution in [1.29, 1.82) is 5.26 Å². The van der Waals surface area contributed by atoms with Crippen molar-refractivity contribution in [2.24, 2.45) is 0 Å². The predicted octanol–water partition coefficient (Wildman–Crippen LogP) is 2.86. The molecule has 0 heterocycles. The van der Waals surface area contributed by atoms with Gasteiger partial charge in [-0.25, -0.2) is 13.6 Å². The molecule has 7 heteroatoms. The van der Waals surface area contributed by atoms with Gasteiger partial charge in [0.2, 0.25) is 0 Å². The van der Waals surface area contributed by atoms with Crippen LogP contribution in [0.25, 0.3) is 0 Å². The Morgan fingerprint density at radius 1 is 1.24 bits per heavy atom. The van der Waals surface area contributed by atoms with Gasteiger partial charge in [0.25, 0.3) is 0 Å². The molecule has 2 aromatic carbocycles. The first-order chi connectivity index (χ1) is 9.92. The molecule has 0 amide bonds. The summed E-state index contributed by atoms with van der Waals surface area (Å²) in [6.45, 7) is 0. The Morgan fingerprint density at radius 3 is 2.57 bits per heavy atom. The molecular formula is C14H9F2N3O2. The Morgan fingerprint density at radius 2 is 1.95 bits per heavy atom. The van der Waals surface area contributed by atoms with Gasteiger partial charge >= 0.3 is 5.97 Å². The minimum absolute atomic E-state index is 0.142. The molecule has 0 saturated carbocycles. The third-order valence-electron chi connectivity index (χ3n) is 2.74. The van der Waals surface area contributed by atoms with Gasteiger partial charge in [0.05, 0.1) is 16.8 Å². The number of nitrogens with one attached hydrogen (secondary N) is 1. The SMILES string of the molecule is N#Cc1cc(Nc2cc(C(=O)O)c(N)cc2F)ccc1F. The molecule has 0 spiro atoms. The van der Waals surface area contributed by atoms with Crippen molar-refractivity contribution in [1.82, 2.24) is 0 Å². The number of hydrogen-bond acceptors (Lipinski definition) is 4. The van der Waals surface area contributed by atoms with E-state index in [-0.39, 0.29) is 28.2 Å². The lowest BCUT2D eigenvalue weighted by Gasteiger charge is -2.10. The number of nitrogens with two attached hydrogens (primary N) is 1. The number of halogens is 2. The molecule has 0 fully saturated rings. The van der Waals surface area contributed by atoms with Crippen LogP contribution in [-0.2, 0) is 0 Å². The molecule has 0 atom stereocenters. The summed E-state index contributed by atoms with van der Waals surface area (Å²) in [5.41, 5.74) is 4.83. The van der Waals surface area contributed by atoms with E-state index in [1.165, 1.54) is 12.1 Å². The fraction of sp³-hybridized carbons (Fsp3) is 0. The standard InChI is InChI=1S/C14H9F2N3O2/c15-10-2-1-8(3-7(10)6-17)19-13-4-9(14(20)21)12(18)5-11(13)16/h1-5,19H,18H2,(H,20,21). The third-order valence-corrected chi connectivity index (χ3v) is 2.74. The van der Waals surface area contributed by atoms with Crippen molar-refractivity contribution in [3.8, 4) is 6.07 Å². The normalized spacial score (nSPS) is 9.95. The topological polar surface area (TPSA) is 99.1 Å². The summed E-state index contributed by atoms with van der Waals surface area (Å²) in [6, 6.07) is 7.09. The van der Waals surface area contributed by atoms with Crippen molar-refractivity contribution < 1.29 is 18.7 Å². The van der Waals surface area contributed by atoms with E-state index in [2.05, 4.69) is 5.32 Å². The fourth-order valence-corrected chi connectivity index (χ4v) is 1.71. The van der Waals surface area contributed by atoms with Gasteiger partial charge in [-0.15, -0.1) is 0 Å². The molecule has 0 unspecified atom stereocenters. The monoisotopic (exact) mass is 289 g/mol. The number of nitriles is 1. The van der Waals surface area contributed by atoms with Gasteiger partial charge in [0.1, 0.15) is 17.7 Å². The second-order valence-electron chi connectivity index (χ2n) is 4.16. The van der Waals surface area contributed by atoms with Crippen molar-refractivity contribution in [3.05, 3.63) is 53.1 Å². The van der Waals surface area contributed by atoms with Crippen LogP contribution >= 0.6 is 0 Å². The number of nitrogen functional groups attached to an aromatic ring is 1. The second kappa shape index (κ2) is 5.46. The first-order valence-corrected chi connectivity index (χ1v) is 5.71. The highest BCUT2D eigenvalue weighted by atomic mass is 19.1. The summed E-state index contributed by atoms with van der Waals surface area (Å²) in [5, 5.41) is 20.3. The lowest BCUT2D eigenvalue weighted by Crippen LogP contribution is -2.05. The molecule has 0 saturated heterocycles. The summed E-state index contributed by atoms with van der Waals surface area (Å²) in [6.07, 6.45) is 0. The Labute approximate surface area is 118 Å². The number of anilines is 3. The van der Waals surface area contributed by atoms with Crippen LogP contribution in [0, 0.1) is 23.0 Å². The van der Waals surface area contributed by atoms with Crippen LogP contribution in [-0.4, -0.2) is 11.1 Å². The first kappa shape index (κ1) is 14.3. The minimum atomic E-state index is -1.30. The van der Waals surface area contributed by atoms with Gasteiger partial charge in [-0.05, 0) is 30.3 Å². The average molecular weight is 289 g/mol. The second-order valence-corrected chi connectivity index (χ2v) is 4.16. The molecule has 0 bridgehead atoms. The summed E-state index contributed by atoms with van der Waals surface area (Å²) in [7, 11) is 0. The van der Waals surface area contributed by atoms with E-state index in [4.69, 9.17) is 16.1 Å². The highest BCUT2D eigenvalue weighted by Gasteiger charge is 2.14. The van der Waals surface area contributed by atoms with Gasteiger partial charge in [0, 0.05) is 11.4 Å². The van der Waals surface area contributed by atoms with E-state index >= 15 is 0 Å². The van der Waals surface area contributed by atoms with E-state index in [9.17, 15) is 13.6 Å². The zero-order chi connectivity index (χ0) is 15.6. The smallest absolute Gasteiger partial charge is 0.337 e. The molecule has 0 radical (unpaired) electrons. The summed E-state index contributed by atoms with van der Waals surface area (Å²) >= 11 is 0. The summed E-state index contributed by atoms with van der Waals surface area (Å²) in [4.78, 5) is 11.0. The highest BCUT2D eigenvalue weighted by Crippen LogP contribution is 2.26. The van der Waals surface area contributed by atoms with E-state index in [0.717, 1.165) is 18.2 Å². The van der Waals surface area contributed by atoms with Crippen LogP contribution < -0.4 is 11.1 Å². The quantitative estimate of drug-likeness (QED) is 0.754. The number of rotatable bonds is 3. The zero-order valence-corrected chi connectivity index (χ0v) is 10.5. The molecule has 0 aliphatic heterocycles. The minimum Gasteiger partial charge on any atom is -0.478 e. The molecule has 106 valence electrons. The number of carboxylic acids is 1. The molecule has 0 aromatic heterocycles. The number of nitrogens with zero attached hydrogens (tertiary/aromatic N) is 1. The third kappa shape index (κ3) is 2.90. The van der Waals surface area contributed by atoms with Gasteiger partial charge in [0.15, 0.2) is 0 Å². The lowest BCUT2D eigenvalue weighted by atomic mass is 10.1.